The van der Waals surface area contributed by atoms with Crippen molar-refractivity contribution in [2.45, 2.75) is 46.6 Å². The van der Waals surface area contributed by atoms with E-state index in [0.717, 1.165) is 25.9 Å². The molecule has 4 nitrogen and oxygen atoms in total. The van der Waals surface area contributed by atoms with E-state index in [1.54, 1.807) is 4.31 Å². The molecule has 1 atom stereocenters. The van der Waals surface area contributed by atoms with Crippen molar-refractivity contribution in [2.24, 2.45) is 11.8 Å². The molecule has 18 heavy (non-hydrogen) atoms. The Bertz CT molecular complexity index is 333. The highest BCUT2D eigenvalue weighted by Gasteiger charge is 2.28. The van der Waals surface area contributed by atoms with Gasteiger partial charge in [-0.2, -0.15) is 4.31 Å². The molecular formula is C13H28N2O2S. The Balaban J connectivity index is 2.69. The Morgan fingerprint density at radius 1 is 1.28 bits per heavy atom. The van der Waals surface area contributed by atoms with Gasteiger partial charge in [-0.3, -0.25) is 0 Å². The molecule has 0 saturated carbocycles. The second-order valence-electron chi connectivity index (χ2n) is 6.05. The number of nitrogens with one attached hydrogen (secondary N) is 1. The first-order valence-corrected chi connectivity index (χ1v) is 8.64. The summed E-state index contributed by atoms with van der Waals surface area (Å²) in [6.07, 6.45) is 2.29. The minimum absolute atomic E-state index is 0.0516. The summed E-state index contributed by atoms with van der Waals surface area (Å²) in [7, 11) is -3.11. The van der Waals surface area contributed by atoms with E-state index in [1.807, 2.05) is 27.7 Å². The van der Waals surface area contributed by atoms with E-state index in [1.165, 1.54) is 0 Å². The maximum Gasteiger partial charge on any atom is 0.214 e. The first-order valence-electron chi connectivity index (χ1n) is 7.03. The van der Waals surface area contributed by atoms with Crippen molar-refractivity contribution in [1.29, 1.82) is 0 Å². The van der Waals surface area contributed by atoms with Crippen LogP contribution in [0.4, 0.5) is 0 Å². The number of hydrogen-bond acceptors (Lipinski definition) is 3. The molecule has 0 bridgehead atoms. The van der Waals surface area contributed by atoms with Crippen LogP contribution in [-0.4, -0.2) is 44.2 Å². The van der Waals surface area contributed by atoms with Gasteiger partial charge in [0.15, 0.2) is 0 Å². The van der Waals surface area contributed by atoms with Gasteiger partial charge in [0.1, 0.15) is 0 Å². The molecule has 0 amide bonds. The number of sulfonamides is 1. The van der Waals surface area contributed by atoms with E-state index in [0.29, 0.717) is 12.5 Å². The molecule has 1 rings (SSSR count). The Morgan fingerprint density at radius 3 is 2.39 bits per heavy atom. The van der Waals surface area contributed by atoms with Crippen LogP contribution in [0.25, 0.3) is 0 Å². The van der Waals surface area contributed by atoms with Crippen LogP contribution >= 0.6 is 0 Å². The van der Waals surface area contributed by atoms with Gasteiger partial charge in [0.05, 0.1) is 5.75 Å². The second-order valence-corrected chi connectivity index (χ2v) is 8.01. The Kier molecular flexibility index (Phi) is 6.08. The van der Waals surface area contributed by atoms with Crippen LogP contribution in [-0.2, 0) is 10.0 Å². The minimum Gasteiger partial charge on any atom is -0.316 e. The third-order valence-corrected chi connectivity index (χ3v) is 5.69. The van der Waals surface area contributed by atoms with Gasteiger partial charge in [0, 0.05) is 12.6 Å². The van der Waals surface area contributed by atoms with E-state index in [4.69, 9.17) is 0 Å². The average molecular weight is 276 g/mol. The van der Waals surface area contributed by atoms with Gasteiger partial charge in [0.25, 0.3) is 0 Å². The fourth-order valence-electron chi connectivity index (χ4n) is 2.50. The molecule has 1 aliphatic rings. The molecule has 1 unspecified atom stereocenters. The lowest BCUT2D eigenvalue weighted by Crippen LogP contribution is -2.45. The van der Waals surface area contributed by atoms with Crippen LogP contribution < -0.4 is 5.32 Å². The summed E-state index contributed by atoms with van der Waals surface area (Å²) < 4.78 is 26.4. The van der Waals surface area contributed by atoms with Gasteiger partial charge in [-0.15, -0.1) is 0 Å². The van der Waals surface area contributed by atoms with Crippen molar-refractivity contribution in [3.63, 3.8) is 0 Å². The van der Waals surface area contributed by atoms with Gasteiger partial charge in [-0.25, -0.2) is 8.42 Å². The highest BCUT2D eigenvalue weighted by molar-refractivity contribution is 7.89. The molecule has 1 fully saturated rings. The highest BCUT2D eigenvalue weighted by atomic mass is 32.2. The average Bonchev–Trinajstić information content (AvgIpc) is 2.25. The van der Waals surface area contributed by atoms with Gasteiger partial charge in [0.2, 0.25) is 10.0 Å². The van der Waals surface area contributed by atoms with E-state index in [2.05, 4.69) is 5.32 Å². The summed E-state index contributed by atoms with van der Waals surface area (Å²) in [6.45, 7) is 10.5. The number of hydrogen-bond donors (Lipinski definition) is 1. The zero-order valence-electron chi connectivity index (χ0n) is 12.1. The first-order chi connectivity index (χ1) is 8.33. The fraction of sp³-hybridized carbons (Fsp3) is 1.00. The molecule has 5 heteroatoms. The smallest absolute Gasteiger partial charge is 0.214 e. The SMILES string of the molecule is CC(C)CS(=O)(=O)N(CC1CCCNC1)C(C)C. The monoisotopic (exact) mass is 276 g/mol. The summed E-state index contributed by atoms with van der Waals surface area (Å²) in [5.74, 6) is 0.898. The summed E-state index contributed by atoms with van der Waals surface area (Å²) >= 11 is 0. The van der Waals surface area contributed by atoms with Gasteiger partial charge >= 0.3 is 0 Å². The van der Waals surface area contributed by atoms with E-state index in [-0.39, 0.29) is 17.7 Å². The molecule has 0 aromatic heterocycles. The maximum absolute atomic E-state index is 12.4. The quantitative estimate of drug-likeness (QED) is 0.803. The van der Waals surface area contributed by atoms with Crippen molar-refractivity contribution in [2.75, 3.05) is 25.4 Å². The molecule has 0 aliphatic carbocycles. The fourth-order valence-corrected chi connectivity index (χ4v) is 4.61. The van der Waals surface area contributed by atoms with Crippen molar-refractivity contribution < 1.29 is 8.42 Å². The summed E-state index contributed by atoms with van der Waals surface area (Å²) in [4.78, 5) is 0. The molecule has 1 aliphatic heterocycles. The van der Waals surface area contributed by atoms with Crippen LogP contribution in [0, 0.1) is 11.8 Å². The predicted octanol–water partition coefficient (Wildman–Crippen LogP) is 1.68. The zero-order chi connectivity index (χ0) is 13.8. The predicted molar refractivity (Wildman–Crippen MR) is 76.1 cm³/mol. The Morgan fingerprint density at radius 2 is 1.94 bits per heavy atom. The van der Waals surface area contributed by atoms with Crippen LogP contribution in [0.5, 0.6) is 0 Å². The molecule has 1 heterocycles. The summed E-state index contributed by atoms with van der Waals surface area (Å²) in [5, 5.41) is 3.35. The Hall–Kier alpha value is -0.130. The van der Waals surface area contributed by atoms with Crippen LogP contribution in [0.1, 0.15) is 40.5 Å². The zero-order valence-corrected chi connectivity index (χ0v) is 13.0. The topological polar surface area (TPSA) is 49.4 Å². The second kappa shape index (κ2) is 6.87. The van der Waals surface area contributed by atoms with Gasteiger partial charge in [-0.1, -0.05) is 13.8 Å². The number of nitrogens with zero attached hydrogens (tertiary/aromatic N) is 1. The van der Waals surface area contributed by atoms with Crippen molar-refractivity contribution in [3.8, 4) is 0 Å². The highest BCUT2D eigenvalue weighted by Crippen LogP contribution is 2.18. The van der Waals surface area contributed by atoms with Crippen molar-refractivity contribution in [3.05, 3.63) is 0 Å². The molecular weight excluding hydrogens is 248 g/mol. The van der Waals surface area contributed by atoms with Crippen LogP contribution in [0.15, 0.2) is 0 Å². The van der Waals surface area contributed by atoms with Crippen molar-refractivity contribution in [1.82, 2.24) is 9.62 Å². The lowest BCUT2D eigenvalue weighted by atomic mass is 9.99. The van der Waals surface area contributed by atoms with Gasteiger partial charge < -0.3 is 5.32 Å². The third-order valence-electron chi connectivity index (χ3n) is 3.31. The molecule has 1 N–H and O–H groups in total. The van der Waals surface area contributed by atoms with E-state index >= 15 is 0 Å². The maximum atomic E-state index is 12.4. The van der Waals surface area contributed by atoms with Crippen LogP contribution in [0.2, 0.25) is 0 Å². The lowest BCUT2D eigenvalue weighted by Gasteiger charge is -2.32. The lowest BCUT2D eigenvalue weighted by molar-refractivity contribution is 0.263. The minimum atomic E-state index is -3.11. The van der Waals surface area contributed by atoms with Gasteiger partial charge in [-0.05, 0) is 51.6 Å². The van der Waals surface area contributed by atoms with Crippen LogP contribution in [0.3, 0.4) is 0 Å². The molecule has 0 spiro atoms. The largest absolute Gasteiger partial charge is 0.316 e. The number of rotatable bonds is 6. The normalized spacial score (nSPS) is 22.1. The standard InChI is InChI=1S/C13H28N2O2S/c1-11(2)10-18(16,17)15(12(3)4)9-13-6-5-7-14-8-13/h11-14H,5-10H2,1-4H3. The summed E-state index contributed by atoms with van der Waals surface area (Å²) in [5.41, 5.74) is 0. The molecule has 0 aromatic rings. The van der Waals surface area contributed by atoms with E-state index < -0.39 is 10.0 Å². The molecule has 0 aromatic carbocycles. The molecule has 108 valence electrons. The molecule has 1 saturated heterocycles. The number of piperidine rings is 1. The van der Waals surface area contributed by atoms with Crippen molar-refractivity contribution >= 4 is 10.0 Å². The molecule has 0 radical (unpaired) electrons. The third kappa shape index (κ3) is 4.86. The first kappa shape index (κ1) is 15.9. The van der Waals surface area contributed by atoms with E-state index in [9.17, 15) is 8.42 Å². The Labute approximate surface area is 112 Å². The summed E-state index contributed by atoms with van der Waals surface area (Å²) in [6, 6.07) is 0.0516.